The number of amides is 1. The molecule has 2 atom stereocenters. The van der Waals surface area contributed by atoms with Crippen molar-refractivity contribution in [3.8, 4) is 5.75 Å². The Labute approximate surface area is 132 Å². The summed E-state index contributed by atoms with van der Waals surface area (Å²) in [5.41, 5.74) is 7.38. The maximum atomic E-state index is 12.3. The Hall–Kier alpha value is -1.59. The SMILES string of the molecule is CCOc1ccc(C2C(N)CCC(=O)N2CCCOC)cc1. The van der Waals surface area contributed by atoms with E-state index < -0.39 is 0 Å². The zero-order chi connectivity index (χ0) is 15.9. The lowest BCUT2D eigenvalue weighted by molar-refractivity contribution is -0.137. The first-order chi connectivity index (χ1) is 10.7. The van der Waals surface area contributed by atoms with Gasteiger partial charge in [-0.15, -0.1) is 0 Å². The summed E-state index contributed by atoms with van der Waals surface area (Å²) in [7, 11) is 1.67. The van der Waals surface area contributed by atoms with Gasteiger partial charge in [-0.1, -0.05) is 12.1 Å². The summed E-state index contributed by atoms with van der Waals surface area (Å²) in [4.78, 5) is 14.2. The molecule has 1 aromatic carbocycles. The average molecular weight is 306 g/mol. The molecule has 22 heavy (non-hydrogen) atoms. The first kappa shape index (κ1) is 16.8. The van der Waals surface area contributed by atoms with Crippen LogP contribution in [0.3, 0.4) is 0 Å². The van der Waals surface area contributed by atoms with Crippen LogP contribution in [0.15, 0.2) is 24.3 Å². The van der Waals surface area contributed by atoms with E-state index in [1.54, 1.807) is 7.11 Å². The Balaban J connectivity index is 2.16. The Morgan fingerprint density at radius 1 is 1.32 bits per heavy atom. The largest absolute Gasteiger partial charge is 0.494 e. The molecule has 5 heteroatoms. The summed E-state index contributed by atoms with van der Waals surface area (Å²) in [5, 5.41) is 0. The third kappa shape index (κ3) is 3.99. The molecule has 0 radical (unpaired) electrons. The molecule has 1 aliphatic rings. The number of methoxy groups -OCH3 is 1. The molecule has 0 bridgehead atoms. The quantitative estimate of drug-likeness (QED) is 0.784. The maximum Gasteiger partial charge on any atom is 0.223 e. The van der Waals surface area contributed by atoms with Crippen LogP contribution in [-0.2, 0) is 9.53 Å². The van der Waals surface area contributed by atoms with Crippen molar-refractivity contribution in [3.05, 3.63) is 29.8 Å². The minimum absolute atomic E-state index is 0.0295. The highest BCUT2D eigenvalue weighted by Crippen LogP contribution is 2.32. The number of nitrogens with zero attached hydrogens (tertiary/aromatic N) is 1. The van der Waals surface area contributed by atoms with Crippen LogP contribution in [0, 0.1) is 0 Å². The fourth-order valence-corrected chi connectivity index (χ4v) is 2.98. The Morgan fingerprint density at radius 2 is 2.05 bits per heavy atom. The van der Waals surface area contributed by atoms with Gasteiger partial charge in [-0.25, -0.2) is 0 Å². The predicted octanol–water partition coefficient (Wildman–Crippen LogP) is 2.11. The third-order valence-electron chi connectivity index (χ3n) is 4.03. The van der Waals surface area contributed by atoms with Gasteiger partial charge in [-0.2, -0.15) is 0 Å². The van der Waals surface area contributed by atoms with Crippen molar-refractivity contribution in [3.63, 3.8) is 0 Å². The van der Waals surface area contributed by atoms with Crippen LogP contribution < -0.4 is 10.5 Å². The summed E-state index contributed by atoms with van der Waals surface area (Å²) in [6.07, 6.45) is 2.08. The molecular weight excluding hydrogens is 280 g/mol. The number of hydrogen-bond donors (Lipinski definition) is 1. The second-order valence-electron chi connectivity index (χ2n) is 5.58. The Morgan fingerprint density at radius 3 is 2.68 bits per heavy atom. The van der Waals surface area contributed by atoms with Crippen LogP contribution in [0.5, 0.6) is 5.75 Å². The molecule has 122 valence electrons. The molecule has 1 heterocycles. The smallest absolute Gasteiger partial charge is 0.223 e. The molecule has 1 fully saturated rings. The van der Waals surface area contributed by atoms with Crippen molar-refractivity contribution in [2.75, 3.05) is 26.9 Å². The number of piperidine rings is 1. The normalized spacial score (nSPS) is 22.0. The number of nitrogens with two attached hydrogens (primary N) is 1. The molecule has 2 unspecified atom stereocenters. The van der Waals surface area contributed by atoms with Gasteiger partial charge >= 0.3 is 0 Å². The van der Waals surface area contributed by atoms with Crippen LogP contribution in [-0.4, -0.2) is 43.7 Å². The van der Waals surface area contributed by atoms with Crippen molar-refractivity contribution in [1.82, 2.24) is 4.90 Å². The third-order valence-corrected chi connectivity index (χ3v) is 4.03. The summed E-state index contributed by atoms with van der Waals surface area (Å²) >= 11 is 0. The summed E-state index contributed by atoms with van der Waals surface area (Å²) in [6.45, 7) is 3.93. The maximum absolute atomic E-state index is 12.3. The Bertz CT molecular complexity index is 475. The van der Waals surface area contributed by atoms with Gasteiger partial charge in [0, 0.05) is 32.7 Å². The lowest BCUT2D eigenvalue weighted by Crippen LogP contribution is -2.49. The van der Waals surface area contributed by atoms with E-state index in [1.807, 2.05) is 36.1 Å². The highest BCUT2D eigenvalue weighted by atomic mass is 16.5. The fraction of sp³-hybridized carbons (Fsp3) is 0.588. The van der Waals surface area contributed by atoms with Crippen LogP contribution in [0.4, 0.5) is 0 Å². The standard InChI is InChI=1S/C17H26N2O3/c1-3-22-14-7-5-13(6-8-14)17-15(18)9-10-16(20)19(17)11-4-12-21-2/h5-8,15,17H,3-4,9-12,18H2,1-2H3. The first-order valence-corrected chi connectivity index (χ1v) is 7.94. The number of benzene rings is 1. The molecule has 0 aliphatic carbocycles. The number of likely N-dealkylation sites (tertiary alicyclic amines) is 1. The van der Waals surface area contributed by atoms with Gasteiger partial charge < -0.3 is 20.1 Å². The van der Waals surface area contributed by atoms with E-state index in [1.165, 1.54) is 0 Å². The average Bonchev–Trinajstić information content (AvgIpc) is 2.52. The number of ether oxygens (including phenoxy) is 2. The highest BCUT2D eigenvalue weighted by Gasteiger charge is 2.34. The zero-order valence-electron chi connectivity index (χ0n) is 13.5. The zero-order valence-corrected chi connectivity index (χ0v) is 13.5. The van der Waals surface area contributed by atoms with Gasteiger partial charge in [-0.3, -0.25) is 4.79 Å². The van der Waals surface area contributed by atoms with Crippen molar-refractivity contribution in [1.29, 1.82) is 0 Å². The molecule has 0 aromatic heterocycles. The number of carbonyl (C=O) groups excluding carboxylic acids is 1. The minimum atomic E-state index is -0.0613. The molecule has 1 aliphatic heterocycles. The van der Waals surface area contributed by atoms with E-state index in [0.29, 0.717) is 26.2 Å². The van der Waals surface area contributed by atoms with Crippen molar-refractivity contribution in [2.45, 2.75) is 38.3 Å². The first-order valence-electron chi connectivity index (χ1n) is 7.94. The molecule has 0 spiro atoms. The van der Waals surface area contributed by atoms with E-state index in [4.69, 9.17) is 15.2 Å². The second-order valence-corrected chi connectivity index (χ2v) is 5.58. The minimum Gasteiger partial charge on any atom is -0.494 e. The van der Waals surface area contributed by atoms with E-state index >= 15 is 0 Å². The topological polar surface area (TPSA) is 64.8 Å². The highest BCUT2D eigenvalue weighted by molar-refractivity contribution is 5.78. The van der Waals surface area contributed by atoms with Gasteiger partial charge in [-0.05, 0) is 37.5 Å². The Kier molecular flexibility index (Phi) is 6.21. The van der Waals surface area contributed by atoms with Crippen LogP contribution in [0.25, 0.3) is 0 Å². The van der Waals surface area contributed by atoms with E-state index in [2.05, 4.69) is 0 Å². The van der Waals surface area contributed by atoms with Gasteiger partial charge in [0.25, 0.3) is 0 Å². The second kappa shape index (κ2) is 8.15. The van der Waals surface area contributed by atoms with Crippen LogP contribution in [0.2, 0.25) is 0 Å². The molecule has 1 amide bonds. The molecule has 0 saturated carbocycles. The summed E-state index contributed by atoms with van der Waals surface area (Å²) < 4.78 is 10.6. The van der Waals surface area contributed by atoms with E-state index in [0.717, 1.165) is 24.2 Å². The molecular formula is C17H26N2O3. The molecule has 2 rings (SSSR count). The molecule has 2 N–H and O–H groups in total. The van der Waals surface area contributed by atoms with Gasteiger partial charge in [0.1, 0.15) is 5.75 Å². The lowest BCUT2D eigenvalue weighted by atomic mass is 9.90. The monoisotopic (exact) mass is 306 g/mol. The van der Waals surface area contributed by atoms with Crippen molar-refractivity contribution >= 4 is 5.91 Å². The molecule has 1 aromatic rings. The van der Waals surface area contributed by atoms with Crippen LogP contribution in [0.1, 0.15) is 37.8 Å². The van der Waals surface area contributed by atoms with Gasteiger partial charge in [0.2, 0.25) is 5.91 Å². The van der Waals surface area contributed by atoms with Crippen LogP contribution >= 0.6 is 0 Å². The molecule has 5 nitrogen and oxygen atoms in total. The number of rotatable bonds is 7. The van der Waals surface area contributed by atoms with Crippen molar-refractivity contribution in [2.24, 2.45) is 5.73 Å². The fourth-order valence-electron chi connectivity index (χ4n) is 2.98. The molecule has 1 saturated heterocycles. The van der Waals surface area contributed by atoms with Crippen molar-refractivity contribution < 1.29 is 14.3 Å². The van der Waals surface area contributed by atoms with Gasteiger partial charge in [0.05, 0.1) is 12.6 Å². The predicted molar refractivity (Wildman–Crippen MR) is 85.8 cm³/mol. The number of hydrogen-bond acceptors (Lipinski definition) is 4. The number of carbonyl (C=O) groups is 1. The summed E-state index contributed by atoms with van der Waals surface area (Å²) in [5.74, 6) is 1.02. The van der Waals surface area contributed by atoms with Gasteiger partial charge in [0.15, 0.2) is 0 Å². The summed E-state index contributed by atoms with van der Waals surface area (Å²) in [6, 6.07) is 7.82. The lowest BCUT2D eigenvalue weighted by Gasteiger charge is -2.40. The van der Waals surface area contributed by atoms with E-state index in [-0.39, 0.29) is 18.0 Å². The van der Waals surface area contributed by atoms with E-state index in [9.17, 15) is 4.79 Å².